The molecule has 5 nitrogen and oxygen atoms in total. The van der Waals surface area contributed by atoms with Crippen molar-refractivity contribution in [2.45, 2.75) is 12.8 Å². The van der Waals surface area contributed by atoms with Gasteiger partial charge in [-0.05, 0) is 107 Å². The molecule has 0 N–H and O–H groups in total. The van der Waals surface area contributed by atoms with Crippen LogP contribution in [0.5, 0.6) is 0 Å². The van der Waals surface area contributed by atoms with E-state index in [2.05, 4.69) is 36.4 Å². The lowest BCUT2D eigenvalue weighted by atomic mass is 10.0. The molecule has 0 radical (unpaired) electrons. The number of aryl methyl sites for hydroxylation is 2. The highest BCUT2D eigenvalue weighted by molar-refractivity contribution is 7.76. The molecule has 0 aliphatic carbocycles. The van der Waals surface area contributed by atoms with Crippen molar-refractivity contribution >= 4 is 60.1 Å². The van der Waals surface area contributed by atoms with E-state index >= 15 is 4.57 Å². The Kier molecular flexibility index (Phi) is 9.07. The minimum Gasteiger partial charge on any atom is -0.270 e. The Balaban J connectivity index is 1.20. The Morgan fingerprint density at radius 1 is 0.490 bits per heavy atom. The van der Waals surface area contributed by atoms with Crippen LogP contribution in [0.25, 0.3) is 0 Å². The zero-order valence-corrected chi connectivity index (χ0v) is 29.7. The van der Waals surface area contributed by atoms with Gasteiger partial charge in [-0.1, -0.05) is 115 Å². The van der Waals surface area contributed by atoms with E-state index in [4.69, 9.17) is 0 Å². The first-order valence-electron chi connectivity index (χ1n) is 17.1. The van der Waals surface area contributed by atoms with E-state index < -0.39 is 15.4 Å². The zero-order chi connectivity index (χ0) is 34.6. The van der Waals surface area contributed by atoms with Crippen LogP contribution in [0.2, 0.25) is 0 Å². The first kappa shape index (κ1) is 32.5. The van der Waals surface area contributed by atoms with E-state index in [0.717, 1.165) is 52.5 Å². The molecule has 248 valence electrons. The molecule has 0 spiro atoms. The number of hydrogen-bond donors (Lipinski definition) is 0. The number of hydrogen-bond acceptors (Lipinski definition) is 2. The average Bonchev–Trinajstić information content (AvgIpc) is 3.48. The second-order valence-corrected chi connectivity index (χ2v) is 16.2. The maximum atomic E-state index is 16.0. The zero-order valence-electron chi connectivity index (χ0n) is 27.9. The summed E-state index contributed by atoms with van der Waals surface area (Å²) in [4.78, 5) is 0. The van der Waals surface area contributed by atoms with E-state index in [1.165, 1.54) is 5.56 Å². The monoisotopic (exact) mass is 700 g/mol. The van der Waals surface area contributed by atoms with Crippen molar-refractivity contribution in [1.29, 1.82) is 0 Å². The Morgan fingerprint density at radius 3 is 1.53 bits per heavy atom. The predicted molar refractivity (Wildman–Crippen MR) is 213 cm³/mol. The second kappa shape index (κ2) is 14.2. The van der Waals surface area contributed by atoms with Crippen LogP contribution >= 0.6 is 15.4 Å². The lowest BCUT2D eigenvalue weighted by molar-refractivity contribution is 0.582. The molecule has 0 saturated heterocycles. The summed E-state index contributed by atoms with van der Waals surface area (Å²) in [6.07, 6.45) is 1.68. The number of rotatable bonds is 10. The third-order valence-corrected chi connectivity index (χ3v) is 13.7. The highest BCUT2D eigenvalue weighted by Crippen LogP contribution is 2.69. The summed E-state index contributed by atoms with van der Waals surface area (Å²) in [7, 11) is -5.65. The smallest absolute Gasteiger partial charge is 0.270 e. The van der Waals surface area contributed by atoms with Crippen LogP contribution < -0.4 is 24.6 Å². The predicted octanol–water partition coefficient (Wildman–Crippen LogP) is 11.5. The van der Waals surface area contributed by atoms with Gasteiger partial charge in [0.05, 0.1) is 28.1 Å². The second-order valence-electron chi connectivity index (χ2n) is 12.4. The van der Waals surface area contributed by atoms with Gasteiger partial charge in [0, 0.05) is 11.4 Å². The number of anilines is 6. The molecular formula is C44H36N3O2P2+. The average molecular weight is 701 g/mol. The van der Waals surface area contributed by atoms with Gasteiger partial charge < -0.3 is 0 Å². The third-order valence-electron chi connectivity index (χ3n) is 9.22. The van der Waals surface area contributed by atoms with Crippen LogP contribution in [0.4, 0.5) is 34.1 Å². The van der Waals surface area contributed by atoms with Gasteiger partial charge in [0.2, 0.25) is 5.30 Å². The van der Waals surface area contributed by atoms with Gasteiger partial charge in [-0.25, -0.2) is 0 Å². The minimum atomic E-state index is -3.55. The van der Waals surface area contributed by atoms with E-state index in [-0.39, 0.29) is 0 Å². The molecule has 1 atom stereocenters. The minimum absolute atomic E-state index is 0.646. The summed E-state index contributed by atoms with van der Waals surface area (Å²) in [6, 6.07) is 64.0. The summed E-state index contributed by atoms with van der Waals surface area (Å²) >= 11 is 0. The van der Waals surface area contributed by atoms with Gasteiger partial charge in [-0.3, -0.25) is 13.9 Å². The van der Waals surface area contributed by atoms with Crippen LogP contribution in [-0.2, 0) is 22.0 Å². The highest BCUT2D eigenvalue weighted by atomic mass is 31.2. The van der Waals surface area contributed by atoms with E-state index in [1.807, 2.05) is 172 Å². The van der Waals surface area contributed by atoms with Crippen molar-refractivity contribution in [2.24, 2.45) is 0 Å². The van der Waals surface area contributed by atoms with Crippen molar-refractivity contribution in [3.05, 3.63) is 205 Å². The Hall–Kier alpha value is -5.73. The maximum absolute atomic E-state index is 16.0. The van der Waals surface area contributed by atoms with Crippen molar-refractivity contribution in [3.63, 3.8) is 0 Å². The molecule has 1 heterocycles. The van der Waals surface area contributed by atoms with Gasteiger partial charge in [0.25, 0.3) is 0 Å². The van der Waals surface area contributed by atoms with Crippen molar-refractivity contribution < 1.29 is 9.13 Å². The summed E-state index contributed by atoms with van der Waals surface area (Å²) in [6.45, 7) is 0. The fourth-order valence-electron chi connectivity index (χ4n) is 6.82. The summed E-state index contributed by atoms with van der Waals surface area (Å²) in [5.74, 6) is 0. The number of benzene rings is 7. The summed E-state index contributed by atoms with van der Waals surface area (Å²) in [5.41, 5.74) is 7.55. The third kappa shape index (κ3) is 6.17. The summed E-state index contributed by atoms with van der Waals surface area (Å²) < 4.78 is 36.7. The maximum Gasteiger partial charge on any atom is 0.506 e. The lowest BCUT2D eigenvalue weighted by Gasteiger charge is -2.33. The SMILES string of the molecule is O=[P+](c1ccc(P2(=O)N(c3ccccc3)c3ccccc3N2c2ccccc2)cc1)N(c1ccccc1)c1ccccc1CCc1ccccc1. The van der Waals surface area contributed by atoms with Crippen LogP contribution in [0.15, 0.2) is 194 Å². The molecule has 0 amide bonds. The molecule has 8 rings (SSSR count). The Morgan fingerprint density at radius 2 is 0.961 bits per heavy atom. The van der Waals surface area contributed by atoms with E-state index in [1.54, 1.807) is 0 Å². The molecule has 0 bridgehead atoms. The quantitative estimate of drug-likeness (QED) is 0.133. The number of nitrogens with zero attached hydrogens (tertiary/aromatic N) is 3. The molecule has 0 aromatic heterocycles. The normalized spacial score (nSPS) is 13.5. The van der Waals surface area contributed by atoms with Crippen LogP contribution in [0.3, 0.4) is 0 Å². The molecule has 51 heavy (non-hydrogen) atoms. The van der Waals surface area contributed by atoms with Crippen LogP contribution in [0.1, 0.15) is 11.1 Å². The first-order valence-corrected chi connectivity index (χ1v) is 19.9. The largest absolute Gasteiger partial charge is 0.506 e. The number of fused-ring (bicyclic) bond motifs is 1. The van der Waals surface area contributed by atoms with Crippen molar-refractivity contribution in [2.75, 3.05) is 14.0 Å². The topological polar surface area (TPSA) is 43.9 Å². The molecule has 1 unspecified atom stereocenters. The van der Waals surface area contributed by atoms with E-state index in [0.29, 0.717) is 10.6 Å². The molecule has 1 aliphatic heterocycles. The molecule has 0 saturated carbocycles. The molecule has 0 fully saturated rings. The molecule has 7 heteroatoms. The lowest BCUT2D eigenvalue weighted by Crippen LogP contribution is -2.27. The van der Waals surface area contributed by atoms with E-state index in [9.17, 15) is 4.57 Å². The Labute approximate surface area is 300 Å². The fourth-order valence-corrected chi connectivity index (χ4v) is 11.2. The Bertz CT molecular complexity index is 2250. The standard InChI is InChI=1S/C44H36N3O2P2/c48-50(45(37-20-7-2-8-21-37)42-26-14-13-19-36(42)30-29-35-17-5-1-6-18-35)40-31-33-41(34-32-40)51(49)46(38-22-9-3-10-23-38)43-27-15-16-28-44(43)47(51)39-24-11-4-12-25-39/h1-28,31-34H,29-30H2/q+1. The van der Waals surface area contributed by atoms with Gasteiger partial charge in [-0.15, -0.1) is 4.67 Å². The summed E-state index contributed by atoms with van der Waals surface area (Å²) in [5, 5.41) is 1.30. The molecule has 7 aromatic carbocycles. The van der Waals surface area contributed by atoms with Crippen molar-refractivity contribution in [1.82, 2.24) is 0 Å². The van der Waals surface area contributed by atoms with Crippen LogP contribution in [-0.4, -0.2) is 0 Å². The molecular weight excluding hydrogens is 664 g/mol. The molecule has 1 aliphatic rings. The fraction of sp³-hybridized carbons (Fsp3) is 0.0455. The van der Waals surface area contributed by atoms with Gasteiger partial charge in [0.15, 0.2) is 0 Å². The van der Waals surface area contributed by atoms with Gasteiger partial charge in [-0.2, -0.15) is 0 Å². The molecule has 7 aromatic rings. The highest BCUT2D eigenvalue weighted by Gasteiger charge is 2.49. The van der Waals surface area contributed by atoms with Gasteiger partial charge in [0.1, 0.15) is 0 Å². The van der Waals surface area contributed by atoms with Crippen molar-refractivity contribution in [3.8, 4) is 0 Å². The van der Waals surface area contributed by atoms with Crippen LogP contribution in [0, 0.1) is 0 Å². The van der Waals surface area contributed by atoms with Gasteiger partial charge >= 0.3 is 15.4 Å². The number of para-hydroxylation sites is 6. The first-order chi connectivity index (χ1) is 25.1.